The third kappa shape index (κ3) is 3.13. The molecule has 1 aromatic rings. The van der Waals surface area contributed by atoms with E-state index in [2.05, 4.69) is 16.8 Å². The van der Waals surface area contributed by atoms with Crippen molar-refractivity contribution < 1.29 is 9.90 Å². The first-order valence-electron chi connectivity index (χ1n) is 7.19. The minimum absolute atomic E-state index is 0.179. The Morgan fingerprint density at radius 1 is 1.33 bits per heavy atom. The van der Waals surface area contributed by atoms with Crippen LogP contribution in [0, 0.1) is 5.92 Å². The van der Waals surface area contributed by atoms with Crippen LogP contribution in [0.25, 0.3) is 6.08 Å². The average molecular weight is 302 g/mol. The molecule has 0 atom stereocenters. The number of hydrogen-bond donors (Lipinski definition) is 1. The van der Waals surface area contributed by atoms with Gasteiger partial charge >= 0.3 is 0 Å². The molecular weight excluding hydrogens is 284 g/mol. The molecule has 1 saturated heterocycles. The van der Waals surface area contributed by atoms with E-state index in [0.717, 1.165) is 37.0 Å². The van der Waals surface area contributed by atoms with Gasteiger partial charge in [0.15, 0.2) is 5.17 Å². The van der Waals surface area contributed by atoms with Crippen molar-refractivity contribution in [2.45, 2.75) is 19.8 Å². The summed E-state index contributed by atoms with van der Waals surface area (Å²) in [5.41, 5.74) is 0.650. The summed E-state index contributed by atoms with van der Waals surface area (Å²) in [7, 11) is 0. The fourth-order valence-corrected chi connectivity index (χ4v) is 3.44. The lowest BCUT2D eigenvalue weighted by Crippen LogP contribution is -2.35. The van der Waals surface area contributed by atoms with E-state index in [1.165, 1.54) is 11.8 Å². The maximum absolute atomic E-state index is 12.0. The lowest BCUT2D eigenvalue weighted by Gasteiger charge is -2.30. The van der Waals surface area contributed by atoms with Crippen molar-refractivity contribution in [1.82, 2.24) is 4.90 Å². The molecule has 4 nitrogen and oxygen atoms in total. The largest absolute Gasteiger partial charge is 0.507 e. The maximum atomic E-state index is 12.0. The van der Waals surface area contributed by atoms with Crippen LogP contribution in [0.15, 0.2) is 34.2 Å². The van der Waals surface area contributed by atoms with Gasteiger partial charge in [0.1, 0.15) is 5.75 Å². The fraction of sp³-hybridized carbons (Fsp3) is 0.375. The van der Waals surface area contributed by atoms with E-state index in [1.54, 1.807) is 24.3 Å². The van der Waals surface area contributed by atoms with Gasteiger partial charge in [0.05, 0.1) is 4.91 Å². The summed E-state index contributed by atoms with van der Waals surface area (Å²) in [4.78, 5) is 18.9. The predicted molar refractivity (Wildman–Crippen MR) is 86.1 cm³/mol. The Morgan fingerprint density at radius 2 is 2.05 bits per heavy atom. The van der Waals surface area contributed by atoms with Gasteiger partial charge in [0, 0.05) is 18.7 Å². The lowest BCUT2D eigenvalue weighted by atomic mass is 10.00. The third-order valence-electron chi connectivity index (χ3n) is 3.89. The van der Waals surface area contributed by atoms with Crippen molar-refractivity contribution >= 4 is 28.9 Å². The Labute approximate surface area is 128 Å². The summed E-state index contributed by atoms with van der Waals surface area (Å²) in [5.74, 6) is 0.718. The van der Waals surface area contributed by atoms with Crippen LogP contribution in [-0.4, -0.2) is 34.2 Å². The number of phenols is 1. The molecule has 0 aromatic heterocycles. The molecule has 5 heteroatoms. The Hall–Kier alpha value is -1.75. The molecular formula is C16H18N2O2S. The van der Waals surface area contributed by atoms with Crippen LogP contribution in [-0.2, 0) is 4.79 Å². The first-order chi connectivity index (χ1) is 10.1. The third-order valence-corrected chi connectivity index (χ3v) is 4.93. The van der Waals surface area contributed by atoms with E-state index < -0.39 is 0 Å². The molecule has 1 aromatic carbocycles. The van der Waals surface area contributed by atoms with Crippen LogP contribution in [0.3, 0.4) is 0 Å². The maximum Gasteiger partial charge on any atom is 0.286 e. The molecule has 0 bridgehead atoms. The number of carbonyl (C=O) groups is 1. The molecule has 0 spiro atoms. The van der Waals surface area contributed by atoms with E-state index in [9.17, 15) is 9.90 Å². The number of likely N-dealkylation sites (tertiary alicyclic amines) is 1. The van der Waals surface area contributed by atoms with Crippen LogP contribution in [0.4, 0.5) is 0 Å². The highest BCUT2D eigenvalue weighted by atomic mass is 32.2. The quantitative estimate of drug-likeness (QED) is 0.810. The lowest BCUT2D eigenvalue weighted by molar-refractivity contribution is -0.113. The molecule has 1 fully saturated rings. The number of carbonyl (C=O) groups excluding carboxylic acids is 1. The number of piperidine rings is 1. The van der Waals surface area contributed by atoms with Gasteiger partial charge < -0.3 is 10.0 Å². The van der Waals surface area contributed by atoms with E-state index in [4.69, 9.17) is 0 Å². The zero-order valence-corrected chi connectivity index (χ0v) is 12.8. The van der Waals surface area contributed by atoms with Gasteiger partial charge in [-0.1, -0.05) is 25.1 Å². The summed E-state index contributed by atoms with van der Waals surface area (Å²) in [6.07, 6.45) is 4.00. The van der Waals surface area contributed by atoms with Crippen molar-refractivity contribution in [3.05, 3.63) is 34.7 Å². The molecule has 2 aliphatic heterocycles. The Morgan fingerprint density at radius 3 is 2.76 bits per heavy atom. The number of amidine groups is 1. The first kappa shape index (κ1) is 14.2. The summed E-state index contributed by atoms with van der Waals surface area (Å²) in [6, 6.07) is 7.00. The number of aromatic hydroxyl groups is 1. The van der Waals surface area contributed by atoms with E-state index in [-0.39, 0.29) is 11.7 Å². The summed E-state index contributed by atoms with van der Waals surface area (Å²) < 4.78 is 0. The van der Waals surface area contributed by atoms with Crippen LogP contribution in [0.2, 0.25) is 0 Å². The SMILES string of the molecule is CC1CCN(C2=NC(=O)/C(=C\c3ccccc3O)S2)CC1. The van der Waals surface area contributed by atoms with Crippen molar-refractivity contribution in [3.8, 4) is 5.75 Å². The van der Waals surface area contributed by atoms with Gasteiger partial charge in [-0.05, 0) is 42.7 Å². The van der Waals surface area contributed by atoms with Crippen molar-refractivity contribution in [2.24, 2.45) is 10.9 Å². The number of rotatable bonds is 1. The van der Waals surface area contributed by atoms with Crippen LogP contribution in [0.5, 0.6) is 5.75 Å². The van der Waals surface area contributed by atoms with Gasteiger partial charge in [0.2, 0.25) is 0 Å². The molecule has 2 heterocycles. The van der Waals surface area contributed by atoms with Crippen molar-refractivity contribution in [3.63, 3.8) is 0 Å². The fourth-order valence-electron chi connectivity index (χ4n) is 2.48. The van der Waals surface area contributed by atoms with Crippen molar-refractivity contribution in [2.75, 3.05) is 13.1 Å². The molecule has 2 aliphatic rings. The minimum atomic E-state index is -0.211. The summed E-state index contributed by atoms with van der Waals surface area (Å²) in [5, 5.41) is 10.6. The zero-order chi connectivity index (χ0) is 14.8. The van der Waals surface area contributed by atoms with Crippen LogP contribution < -0.4 is 0 Å². The van der Waals surface area contributed by atoms with Crippen LogP contribution >= 0.6 is 11.8 Å². The van der Waals surface area contributed by atoms with Gasteiger partial charge in [-0.2, -0.15) is 4.99 Å². The molecule has 0 unspecified atom stereocenters. The second-order valence-corrected chi connectivity index (χ2v) is 6.55. The molecule has 0 saturated carbocycles. The Bertz CT molecular complexity index is 616. The summed E-state index contributed by atoms with van der Waals surface area (Å²) >= 11 is 1.41. The van der Waals surface area contributed by atoms with Crippen LogP contribution in [0.1, 0.15) is 25.3 Å². The number of aliphatic imine (C=N–C) groups is 1. The zero-order valence-electron chi connectivity index (χ0n) is 12.0. The number of thioether (sulfide) groups is 1. The molecule has 1 amide bonds. The average Bonchev–Trinajstić information content (AvgIpc) is 2.83. The van der Waals surface area contributed by atoms with E-state index in [0.29, 0.717) is 10.5 Å². The number of nitrogens with zero attached hydrogens (tertiary/aromatic N) is 2. The highest BCUT2D eigenvalue weighted by Gasteiger charge is 2.28. The predicted octanol–water partition coefficient (Wildman–Crippen LogP) is 3.09. The summed E-state index contributed by atoms with van der Waals surface area (Å²) in [6.45, 7) is 4.18. The monoisotopic (exact) mass is 302 g/mol. The highest BCUT2D eigenvalue weighted by molar-refractivity contribution is 8.18. The number of benzene rings is 1. The standard InChI is InChI=1S/C16H18N2O2S/c1-11-6-8-18(9-7-11)16-17-15(20)14(21-16)10-12-4-2-3-5-13(12)19/h2-5,10-11,19H,6-9H2,1H3/b14-10+. The molecule has 0 radical (unpaired) electrons. The normalized spacial score (nSPS) is 22.0. The molecule has 1 N–H and O–H groups in total. The topological polar surface area (TPSA) is 52.9 Å². The second-order valence-electron chi connectivity index (χ2n) is 5.54. The van der Waals surface area contributed by atoms with Gasteiger partial charge in [-0.3, -0.25) is 4.79 Å². The number of hydrogen-bond acceptors (Lipinski definition) is 4. The number of phenolic OH excluding ortho intramolecular Hbond substituents is 1. The van der Waals surface area contributed by atoms with Gasteiger partial charge in [-0.15, -0.1) is 0 Å². The molecule has 110 valence electrons. The Balaban J connectivity index is 1.74. The first-order valence-corrected chi connectivity index (χ1v) is 8.00. The minimum Gasteiger partial charge on any atom is -0.507 e. The number of amides is 1. The highest BCUT2D eigenvalue weighted by Crippen LogP contribution is 2.33. The van der Waals surface area contributed by atoms with E-state index >= 15 is 0 Å². The molecule has 3 rings (SSSR count). The van der Waals surface area contributed by atoms with E-state index in [1.807, 2.05) is 6.07 Å². The number of para-hydroxylation sites is 1. The second kappa shape index (κ2) is 5.93. The van der Waals surface area contributed by atoms with Gasteiger partial charge in [0.25, 0.3) is 5.91 Å². The molecule has 0 aliphatic carbocycles. The van der Waals surface area contributed by atoms with Gasteiger partial charge in [-0.25, -0.2) is 0 Å². The van der Waals surface area contributed by atoms with Crippen molar-refractivity contribution in [1.29, 1.82) is 0 Å². The molecule has 21 heavy (non-hydrogen) atoms. The smallest absolute Gasteiger partial charge is 0.286 e. The Kier molecular flexibility index (Phi) is 4.01.